The fourth-order valence-corrected chi connectivity index (χ4v) is 5.13. The van der Waals surface area contributed by atoms with Crippen LogP contribution in [0.25, 0.3) is 0 Å². The van der Waals surface area contributed by atoms with E-state index in [1.54, 1.807) is 6.20 Å². The lowest BCUT2D eigenvalue weighted by atomic mass is 9.82. The van der Waals surface area contributed by atoms with Gasteiger partial charge in [0.25, 0.3) is 0 Å². The van der Waals surface area contributed by atoms with E-state index in [1.807, 2.05) is 11.3 Å². The molecule has 26 heavy (non-hydrogen) atoms. The summed E-state index contributed by atoms with van der Waals surface area (Å²) < 4.78 is 18.5. The van der Waals surface area contributed by atoms with Gasteiger partial charge >= 0.3 is 0 Å². The fraction of sp³-hybridized carbons (Fsp3) is 0.684. The predicted octanol–water partition coefficient (Wildman–Crippen LogP) is 2.51. The Balaban J connectivity index is 1.58. The largest absolute Gasteiger partial charge is 0.400 e. The normalized spacial score (nSPS) is 20.3. The Bertz CT molecular complexity index is 625. The number of rotatable bonds is 7. The van der Waals surface area contributed by atoms with Crippen molar-refractivity contribution >= 4 is 11.3 Å². The number of nitrogens with two attached hydrogens (primary N) is 2. The highest BCUT2D eigenvalue weighted by Crippen LogP contribution is 2.44. The first-order chi connectivity index (χ1) is 12.6. The molecule has 2 aliphatic heterocycles. The number of piperidine rings is 1. The number of thiophene rings is 1. The highest BCUT2D eigenvalue weighted by atomic mass is 32.1. The van der Waals surface area contributed by atoms with Crippen LogP contribution in [0.1, 0.15) is 41.5 Å². The second-order valence-corrected chi connectivity index (χ2v) is 8.48. The quantitative estimate of drug-likeness (QED) is 0.560. The standard InChI is InChI=1S/C19H31FN4OS/c1-2-16-12-17-18(26-16)4-11-25-19(17)5-9-23(10-6-19)13-15(21)14-24(22)8-3-7-20/h12,14H,2-11,13,21-22H2,1H3/b15-14-. The molecule has 0 saturated carbocycles. The topological polar surface area (TPSA) is 67.8 Å². The Kier molecular flexibility index (Phi) is 6.55. The number of nitrogens with zero attached hydrogens (tertiary/aromatic N) is 2. The van der Waals surface area contributed by atoms with Crippen LogP contribution in [0.5, 0.6) is 0 Å². The predicted molar refractivity (Wildman–Crippen MR) is 104 cm³/mol. The lowest BCUT2D eigenvalue weighted by Gasteiger charge is -2.44. The van der Waals surface area contributed by atoms with Gasteiger partial charge in [0.2, 0.25) is 0 Å². The van der Waals surface area contributed by atoms with E-state index in [-0.39, 0.29) is 12.3 Å². The van der Waals surface area contributed by atoms with Crippen molar-refractivity contribution in [2.24, 2.45) is 11.6 Å². The molecule has 7 heteroatoms. The summed E-state index contributed by atoms with van der Waals surface area (Å²) in [5.41, 5.74) is 8.17. The van der Waals surface area contributed by atoms with E-state index >= 15 is 0 Å². The molecule has 0 aliphatic carbocycles. The molecule has 0 atom stereocenters. The van der Waals surface area contributed by atoms with Crippen molar-refractivity contribution < 1.29 is 9.13 Å². The summed E-state index contributed by atoms with van der Waals surface area (Å²) >= 11 is 1.96. The maximum atomic E-state index is 12.2. The summed E-state index contributed by atoms with van der Waals surface area (Å²) in [6, 6.07) is 2.38. The van der Waals surface area contributed by atoms with Gasteiger partial charge in [-0.05, 0) is 37.3 Å². The number of hydrazine groups is 1. The molecule has 5 nitrogen and oxygen atoms in total. The van der Waals surface area contributed by atoms with E-state index in [9.17, 15) is 4.39 Å². The monoisotopic (exact) mass is 382 g/mol. The van der Waals surface area contributed by atoms with Crippen molar-refractivity contribution in [2.45, 2.75) is 44.6 Å². The number of halogens is 1. The van der Waals surface area contributed by atoms with Gasteiger partial charge in [-0.3, -0.25) is 9.29 Å². The summed E-state index contributed by atoms with van der Waals surface area (Å²) in [7, 11) is 0. The maximum Gasteiger partial charge on any atom is 0.0966 e. The van der Waals surface area contributed by atoms with Crippen LogP contribution >= 0.6 is 11.3 Å². The second kappa shape index (κ2) is 8.69. The molecule has 1 fully saturated rings. The summed E-state index contributed by atoms with van der Waals surface area (Å²) in [5.74, 6) is 5.82. The van der Waals surface area contributed by atoms with Gasteiger partial charge in [0.05, 0.1) is 18.9 Å². The number of aryl methyl sites for hydroxylation is 1. The lowest BCUT2D eigenvalue weighted by Crippen LogP contribution is -2.47. The average Bonchev–Trinajstić information content (AvgIpc) is 3.07. The third-order valence-electron chi connectivity index (χ3n) is 5.36. The zero-order valence-electron chi connectivity index (χ0n) is 15.7. The molecule has 4 N–H and O–H groups in total. The van der Waals surface area contributed by atoms with Gasteiger partial charge < -0.3 is 15.5 Å². The van der Waals surface area contributed by atoms with E-state index < -0.39 is 0 Å². The van der Waals surface area contributed by atoms with Crippen LogP contribution in [-0.2, 0) is 23.2 Å². The Morgan fingerprint density at radius 2 is 2.23 bits per heavy atom. The molecule has 0 unspecified atom stereocenters. The van der Waals surface area contributed by atoms with Crippen LogP contribution in [0, 0.1) is 0 Å². The van der Waals surface area contributed by atoms with Crippen LogP contribution in [0.15, 0.2) is 18.0 Å². The molecule has 1 aromatic rings. The van der Waals surface area contributed by atoms with Crippen molar-refractivity contribution in [2.75, 3.05) is 39.5 Å². The fourth-order valence-electron chi connectivity index (χ4n) is 3.95. The zero-order chi connectivity index (χ0) is 18.6. The first-order valence-corrected chi connectivity index (χ1v) is 10.4. The second-order valence-electron chi connectivity index (χ2n) is 7.26. The molecular formula is C19H31FN4OS. The van der Waals surface area contributed by atoms with Gasteiger partial charge in [0.1, 0.15) is 0 Å². The molecule has 1 aromatic heterocycles. The molecule has 0 bridgehead atoms. The lowest BCUT2D eigenvalue weighted by molar-refractivity contribution is -0.0961. The van der Waals surface area contributed by atoms with Crippen molar-refractivity contribution in [3.05, 3.63) is 33.3 Å². The molecule has 3 rings (SSSR count). The van der Waals surface area contributed by atoms with Gasteiger partial charge in [-0.25, -0.2) is 5.84 Å². The van der Waals surface area contributed by atoms with Gasteiger partial charge in [0, 0.05) is 54.3 Å². The third kappa shape index (κ3) is 4.39. The minimum atomic E-state index is -0.361. The molecular weight excluding hydrogens is 351 g/mol. The van der Waals surface area contributed by atoms with Crippen LogP contribution in [0.3, 0.4) is 0 Å². The van der Waals surface area contributed by atoms with Crippen LogP contribution in [-0.4, -0.2) is 49.4 Å². The third-order valence-corrected chi connectivity index (χ3v) is 6.70. The molecule has 1 saturated heterocycles. The number of hydrogen-bond acceptors (Lipinski definition) is 6. The number of alkyl halides is 1. The molecule has 0 aromatic carbocycles. The van der Waals surface area contributed by atoms with Gasteiger partial charge in [-0.15, -0.1) is 11.3 Å². The average molecular weight is 383 g/mol. The number of ether oxygens (including phenoxy) is 1. The molecule has 146 valence electrons. The van der Waals surface area contributed by atoms with E-state index in [2.05, 4.69) is 17.9 Å². The van der Waals surface area contributed by atoms with E-state index in [1.165, 1.54) is 20.3 Å². The van der Waals surface area contributed by atoms with Gasteiger partial charge in [-0.1, -0.05) is 6.92 Å². The molecule has 0 amide bonds. The summed E-state index contributed by atoms with van der Waals surface area (Å²) in [5, 5.41) is 1.48. The van der Waals surface area contributed by atoms with Gasteiger partial charge in [0.15, 0.2) is 0 Å². The number of fused-ring (bicyclic) bond motifs is 2. The van der Waals surface area contributed by atoms with Crippen LogP contribution < -0.4 is 11.6 Å². The molecule has 1 spiro atoms. The molecule has 3 heterocycles. The highest BCUT2D eigenvalue weighted by Gasteiger charge is 2.41. The Labute approximate surface area is 159 Å². The summed E-state index contributed by atoms with van der Waals surface area (Å²) in [4.78, 5) is 5.34. The van der Waals surface area contributed by atoms with Crippen molar-refractivity contribution in [3.63, 3.8) is 0 Å². The SMILES string of the molecule is CCc1cc2c(s1)CCOC21CCN(C/C(N)=C/N(N)CCCF)CC1. The minimum absolute atomic E-state index is 0.104. The summed E-state index contributed by atoms with van der Waals surface area (Å²) in [6.45, 7) is 5.78. The number of likely N-dealkylation sites (tertiary alicyclic amines) is 1. The van der Waals surface area contributed by atoms with E-state index in [4.69, 9.17) is 16.3 Å². The highest BCUT2D eigenvalue weighted by molar-refractivity contribution is 7.12. The summed E-state index contributed by atoms with van der Waals surface area (Å²) in [6.07, 6.45) is 6.29. The van der Waals surface area contributed by atoms with Crippen LogP contribution in [0.2, 0.25) is 0 Å². The number of hydrogen-bond donors (Lipinski definition) is 2. The molecule has 2 aliphatic rings. The van der Waals surface area contributed by atoms with E-state index in [0.717, 1.165) is 51.1 Å². The first kappa shape index (κ1) is 19.6. The van der Waals surface area contributed by atoms with E-state index in [0.29, 0.717) is 19.5 Å². The Morgan fingerprint density at radius 3 is 2.92 bits per heavy atom. The Morgan fingerprint density at radius 1 is 1.46 bits per heavy atom. The molecule has 0 radical (unpaired) electrons. The zero-order valence-corrected chi connectivity index (χ0v) is 16.5. The maximum absolute atomic E-state index is 12.2. The minimum Gasteiger partial charge on any atom is -0.400 e. The smallest absolute Gasteiger partial charge is 0.0966 e. The van der Waals surface area contributed by atoms with Gasteiger partial charge in [-0.2, -0.15) is 0 Å². The van der Waals surface area contributed by atoms with Crippen molar-refractivity contribution in [1.29, 1.82) is 0 Å². The Hall–Kier alpha value is -1.15. The first-order valence-electron chi connectivity index (χ1n) is 9.58. The van der Waals surface area contributed by atoms with Crippen molar-refractivity contribution in [3.8, 4) is 0 Å². The van der Waals surface area contributed by atoms with Crippen molar-refractivity contribution in [1.82, 2.24) is 9.91 Å². The van der Waals surface area contributed by atoms with Crippen LogP contribution in [0.4, 0.5) is 4.39 Å².